The number of hydrogen-bond acceptors (Lipinski definition) is 7. The summed E-state index contributed by atoms with van der Waals surface area (Å²) in [5.74, 6) is -1.35. The van der Waals surface area contributed by atoms with Crippen LogP contribution < -0.4 is 0 Å². The molecule has 3 heterocycles. The molecule has 0 N–H and O–H groups in total. The molecule has 10 heteroatoms. The molecule has 2 aromatic heterocycles. The van der Waals surface area contributed by atoms with E-state index in [2.05, 4.69) is 5.16 Å². The van der Waals surface area contributed by atoms with Crippen molar-refractivity contribution in [3.05, 3.63) is 45.5 Å². The van der Waals surface area contributed by atoms with Crippen LogP contribution in [0, 0.1) is 17.0 Å². The van der Waals surface area contributed by atoms with Crippen LogP contribution in [0.15, 0.2) is 27.1 Å². The van der Waals surface area contributed by atoms with Crippen LogP contribution in [0.2, 0.25) is 0 Å². The maximum Gasteiger partial charge on any atom is 0.433 e. The highest BCUT2D eigenvalue weighted by atomic mass is 16.6. The van der Waals surface area contributed by atoms with Crippen LogP contribution in [0.3, 0.4) is 0 Å². The van der Waals surface area contributed by atoms with Gasteiger partial charge in [-0.1, -0.05) is 5.16 Å². The van der Waals surface area contributed by atoms with Crippen LogP contribution >= 0.6 is 0 Å². The molecule has 1 fully saturated rings. The van der Waals surface area contributed by atoms with Crippen molar-refractivity contribution in [1.82, 2.24) is 15.2 Å². The number of aryl methyl sites for hydroxylation is 1. The number of nitrogens with zero attached hydrogens (tertiary/aromatic N) is 4. The van der Waals surface area contributed by atoms with E-state index < -0.39 is 22.6 Å². The Labute approximate surface area is 129 Å². The second-order valence-corrected chi connectivity index (χ2v) is 4.93. The summed E-state index contributed by atoms with van der Waals surface area (Å²) in [6, 6.07) is 3.78. The Balaban J connectivity index is 1.81. The number of hydrogen-bond donors (Lipinski definition) is 0. The number of nitro groups is 1. The Morgan fingerprint density at radius 2 is 1.96 bits per heavy atom. The van der Waals surface area contributed by atoms with Crippen LogP contribution in [0.5, 0.6) is 0 Å². The van der Waals surface area contributed by atoms with E-state index in [9.17, 15) is 19.7 Å². The number of amides is 2. The number of furan rings is 1. The second kappa shape index (κ2) is 5.55. The molecule has 23 heavy (non-hydrogen) atoms. The standard InChI is InChI=1S/C13H12N4O6/c1-8-7-9(14-23-8)12(18)15-5-2-6-16(15)13(19)10-3-4-11(22-10)17(20)21/h3-4,7H,2,5-6H2,1H3. The smallest absolute Gasteiger partial charge is 0.395 e. The van der Waals surface area contributed by atoms with Crippen molar-refractivity contribution in [2.24, 2.45) is 0 Å². The minimum Gasteiger partial charge on any atom is -0.395 e. The Morgan fingerprint density at radius 3 is 2.52 bits per heavy atom. The Kier molecular flexibility index (Phi) is 3.56. The van der Waals surface area contributed by atoms with Crippen LogP contribution in [0.1, 0.15) is 33.2 Å². The van der Waals surface area contributed by atoms with Gasteiger partial charge in [0.1, 0.15) is 10.7 Å². The van der Waals surface area contributed by atoms with E-state index in [1.807, 2.05) is 0 Å². The maximum atomic E-state index is 12.4. The average Bonchev–Trinajstić information content (AvgIpc) is 3.25. The van der Waals surface area contributed by atoms with E-state index in [1.165, 1.54) is 22.2 Å². The Morgan fingerprint density at radius 1 is 1.26 bits per heavy atom. The second-order valence-electron chi connectivity index (χ2n) is 4.93. The number of hydrazine groups is 1. The van der Waals surface area contributed by atoms with E-state index in [4.69, 9.17) is 8.94 Å². The molecular formula is C13H12N4O6. The normalized spacial score (nSPS) is 14.3. The summed E-state index contributed by atoms with van der Waals surface area (Å²) in [4.78, 5) is 34.7. The van der Waals surface area contributed by atoms with Gasteiger partial charge < -0.3 is 8.94 Å². The third-order valence-corrected chi connectivity index (χ3v) is 3.33. The zero-order valence-corrected chi connectivity index (χ0v) is 12.1. The largest absolute Gasteiger partial charge is 0.433 e. The first-order chi connectivity index (χ1) is 11.0. The summed E-state index contributed by atoms with van der Waals surface area (Å²) in [5, 5.41) is 16.7. The fraction of sp³-hybridized carbons (Fsp3) is 0.308. The van der Waals surface area contributed by atoms with Gasteiger partial charge in [-0.05, 0) is 19.4 Å². The van der Waals surface area contributed by atoms with E-state index in [1.54, 1.807) is 6.92 Å². The van der Waals surface area contributed by atoms with Gasteiger partial charge in [-0.25, -0.2) is 10.0 Å². The molecule has 2 aromatic rings. The van der Waals surface area contributed by atoms with Crippen molar-refractivity contribution in [3.8, 4) is 0 Å². The van der Waals surface area contributed by atoms with E-state index in [0.717, 1.165) is 6.07 Å². The first-order valence-electron chi connectivity index (χ1n) is 6.78. The van der Waals surface area contributed by atoms with Gasteiger partial charge in [0.25, 0.3) is 5.91 Å². The molecule has 3 rings (SSSR count). The van der Waals surface area contributed by atoms with Gasteiger partial charge in [0.05, 0.1) is 6.07 Å². The highest BCUT2D eigenvalue weighted by Gasteiger charge is 2.35. The van der Waals surface area contributed by atoms with Gasteiger partial charge in [0.15, 0.2) is 5.69 Å². The van der Waals surface area contributed by atoms with Gasteiger partial charge >= 0.3 is 11.8 Å². The highest BCUT2D eigenvalue weighted by molar-refractivity contribution is 5.97. The molecule has 0 aromatic carbocycles. The van der Waals surface area contributed by atoms with E-state index >= 15 is 0 Å². The third-order valence-electron chi connectivity index (χ3n) is 3.33. The summed E-state index contributed by atoms with van der Waals surface area (Å²) in [5.41, 5.74) is 0.0904. The Bertz CT molecular complexity index is 779. The predicted octanol–water partition coefficient (Wildman–Crippen LogP) is 1.39. The van der Waals surface area contributed by atoms with Crippen LogP contribution in [0.25, 0.3) is 0 Å². The molecule has 1 aliphatic heterocycles. The van der Waals surface area contributed by atoms with Crippen molar-refractivity contribution in [3.63, 3.8) is 0 Å². The quantitative estimate of drug-likeness (QED) is 0.618. The topological polar surface area (TPSA) is 123 Å². The van der Waals surface area contributed by atoms with Crippen molar-refractivity contribution in [2.75, 3.05) is 13.1 Å². The van der Waals surface area contributed by atoms with Gasteiger partial charge in [-0.15, -0.1) is 0 Å². The van der Waals surface area contributed by atoms with Gasteiger partial charge in [-0.3, -0.25) is 19.7 Å². The maximum absolute atomic E-state index is 12.4. The molecule has 2 amide bonds. The predicted molar refractivity (Wildman–Crippen MR) is 73.3 cm³/mol. The zero-order valence-electron chi connectivity index (χ0n) is 12.1. The van der Waals surface area contributed by atoms with Gasteiger partial charge in [-0.2, -0.15) is 0 Å². The van der Waals surface area contributed by atoms with Crippen molar-refractivity contribution in [1.29, 1.82) is 0 Å². The first-order valence-corrected chi connectivity index (χ1v) is 6.78. The van der Waals surface area contributed by atoms with Crippen LogP contribution in [-0.4, -0.2) is 45.0 Å². The molecule has 0 unspecified atom stereocenters. The third kappa shape index (κ3) is 2.65. The minimum atomic E-state index is -0.734. The van der Waals surface area contributed by atoms with E-state index in [-0.39, 0.29) is 11.5 Å². The molecule has 0 radical (unpaired) electrons. The molecule has 1 saturated heterocycles. The summed E-state index contributed by atoms with van der Waals surface area (Å²) in [6.07, 6.45) is 0.580. The summed E-state index contributed by atoms with van der Waals surface area (Å²) >= 11 is 0. The summed E-state index contributed by atoms with van der Waals surface area (Å²) in [6.45, 7) is 2.29. The van der Waals surface area contributed by atoms with Crippen molar-refractivity contribution >= 4 is 17.7 Å². The molecule has 0 saturated carbocycles. The fourth-order valence-electron chi connectivity index (χ4n) is 2.30. The number of carbonyl (C=O) groups is 2. The molecule has 1 aliphatic rings. The first kappa shape index (κ1) is 14.8. The van der Waals surface area contributed by atoms with Crippen LogP contribution in [-0.2, 0) is 0 Å². The van der Waals surface area contributed by atoms with Gasteiger partial charge in [0.2, 0.25) is 5.76 Å². The fourth-order valence-corrected chi connectivity index (χ4v) is 2.30. The SMILES string of the molecule is Cc1cc(C(=O)N2CCCN2C(=O)c2ccc([N+](=O)[O-])o2)no1. The summed E-state index contributed by atoms with van der Waals surface area (Å²) < 4.78 is 9.76. The average molecular weight is 320 g/mol. The van der Waals surface area contributed by atoms with Crippen molar-refractivity contribution in [2.45, 2.75) is 13.3 Å². The molecule has 10 nitrogen and oxygen atoms in total. The number of aromatic nitrogens is 1. The Hall–Kier alpha value is -3.17. The number of carbonyl (C=O) groups excluding carboxylic acids is 2. The van der Waals surface area contributed by atoms with E-state index in [0.29, 0.717) is 25.3 Å². The molecular weight excluding hydrogens is 308 g/mol. The number of rotatable bonds is 3. The monoisotopic (exact) mass is 320 g/mol. The molecule has 0 bridgehead atoms. The summed E-state index contributed by atoms with van der Waals surface area (Å²) in [7, 11) is 0. The lowest BCUT2D eigenvalue weighted by molar-refractivity contribution is -0.402. The molecule has 0 aliphatic carbocycles. The van der Waals surface area contributed by atoms with Crippen LogP contribution in [0.4, 0.5) is 5.88 Å². The lowest BCUT2D eigenvalue weighted by Gasteiger charge is -2.26. The lowest BCUT2D eigenvalue weighted by atomic mass is 10.3. The zero-order chi connectivity index (χ0) is 16.6. The molecule has 0 atom stereocenters. The highest BCUT2D eigenvalue weighted by Crippen LogP contribution is 2.21. The minimum absolute atomic E-state index is 0.0904. The lowest BCUT2D eigenvalue weighted by Crippen LogP contribution is -2.44. The van der Waals surface area contributed by atoms with Gasteiger partial charge in [0, 0.05) is 19.2 Å². The molecule has 0 spiro atoms. The molecule has 120 valence electrons. The van der Waals surface area contributed by atoms with Crippen molar-refractivity contribution < 1.29 is 23.5 Å².